The van der Waals surface area contributed by atoms with Crippen molar-refractivity contribution in [3.05, 3.63) is 29.1 Å². The Kier molecular flexibility index (Phi) is 3.04. The molecule has 0 atom stereocenters. The topological polar surface area (TPSA) is 26.0 Å². The van der Waals surface area contributed by atoms with Crippen molar-refractivity contribution in [3.8, 4) is 0 Å². The van der Waals surface area contributed by atoms with Crippen LogP contribution in [0.4, 0.5) is 23.2 Å². The monoisotopic (exact) mass is 271 g/mol. The van der Waals surface area contributed by atoms with Crippen LogP contribution in [0.5, 0.6) is 0 Å². The third-order valence-corrected chi connectivity index (χ3v) is 2.23. The molecule has 0 radical (unpaired) electrons. The molecule has 0 spiro atoms. The Labute approximate surface area is 86.0 Å². The van der Waals surface area contributed by atoms with E-state index in [9.17, 15) is 17.6 Å². The molecule has 14 heavy (non-hydrogen) atoms. The smallest absolute Gasteiger partial charge is 0.399 e. The number of benzene rings is 1. The second-order valence-corrected chi connectivity index (χ2v) is 3.23. The summed E-state index contributed by atoms with van der Waals surface area (Å²) in [4.78, 5) is 0. The minimum atomic E-state index is -4.69. The molecule has 6 heteroatoms. The maximum atomic E-state index is 13.0. The molecule has 0 amide bonds. The number of nitrogen functional groups attached to an aromatic ring is 1. The lowest BCUT2D eigenvalue weighted by molar-refractivity contribution is -0.140. The first-order valence-corrected chi connectivity index (χ1v) is 4.69. The SMILES string of the molecule is Nc1cc(F)c(C(F)(F)F)c(CBr)c1. The van der Waals surface area contributed by atoms with Crippen molar-refractivity contribution >= 4 is 21.6 Å². The van der Waals surface area contributed by atoms with E-state index in [1.165, 1.54) is 0 Å². The summed E-state index contributed by atoms with van der Waals surface area (Å²) in [6.07, 6.45) is -4.69. The minimum Gasteiger partial charge on any atom is -0.399 e. The summed E-state index contributed by atoms with van der Waals surface area (Å²) >= 11 is 2.85. The van der Waals surface area contributed by atoms with Crippen LogP contribution in [0.3, 0.4) is 0 Å². The van der Waals surface area contributed by atoms with E-state index in [4.69, 9.17) is 5.73 Å². The van der Waals surface area contributed by atoms with Crippen molar-refractivity contribution in [3.63, 3.8) is 0 Å². The fraction of sp³-hybridized carbons (Fsp3) is 0.250. The van der Waals surface area contributed by atoms with Crippen molar-refractivity contribution in [1.82, 2.24) is 0 Å². The number of hydrogen-bond donors (Lipinski definition) is 1. The zero-order chi connectivity index (χ0) is 10.9. The first-order valence-electron chi connectivity index (χ1n) is 3.57. The number of rotatable bonds is 1. The molecule has 1 aromatic rings. The molecule has 0 heterocycles. The molecule has 0 fully saturated rings. The molecule has 0 saturated heterocycles. The molecule has 0 aliphatic carbocycles. The molecule has 1 nitrogen and oxygen atoms in total. The van der Waals surface area contributed by atoms with Crippen LogP contribution in [0.1, 0.15) is 11.1 Å². The van der Waals surface area contributed by atoms with E-state index in [2.05, 4.69) is 15.9 Å². The Hall–Kier alpha value is -0.780. The van der Waals surface area contributed by atoms with E-state index in [-0.39, 0.29) is 16.6 Å². The predicted molar refractivity (Wildman–Crippen MR) is 48.4 cm³/mol. The third kappa shape index (κ3) is 2.17. The molecule has 1 rings (SSSR count). The van der Waals surface area contributed by atoms with Crippen molar-refractivity contribution in [2.75, 3.05) is 5.73 Å². The fourth-order valence-corrected chi connectivity index (χ4v) is 1.55. The number of alkyl halides is 4. The molecule has 0 aromatic heterocycles. The molecule has 0 aliphatic heterocycles. The van der Waals surface area contributed by atoms with Gasteiger partial charge in [0.25, 0.3) is 0 Å². The molecule has 0 saturated carbocycles. The number of halogens is 5. The molecule has 2 N–H and O–H groups in total. The van der Waals surface area contributed by atoms with Crippen LogP contribution in [0, 0.1) is 5.82 Å². The van der Waals surface area contributed by atoms with Crippen molar-refractivity contribution in [2.24, 2.45) is 0 Å². The van der Waals surface area contributed by atoms with Gasteiger partial charge in [-0.15, -0.1) is 0 Å². The van der Waals surface area contributed by atoms with Gasteiger partial charge in [-0.2, -0.15) is 13.2 Å². The Morgan fingerprint density at radius 2 is 1.86 bits per heavy atom. The van der Waals surface area contributed by atoms with Crippen molar-refractivity contribution in [1.29, 1.82) is 0 Å². The van der Waals surface area contributed by atoms with Gasteiger partial charge in [-0.05, 0) is 17.7 Å². The van der Waals surface area contributed by atoms with Gasteiger partial charge in [0.2, 0.25) is 0 Å². The minimum absolute atomic E-state index is 0.0232. The highest BCUT2D eigenvalue weighted by atomic mass is 79.9. The first-order chi connectivity index (χ1) is 6.36. The number of hydrogen-bond acceptors (Lipinski definition) is 1. The van der Waals surface area contributed by atoms with Gasteiger partial charge in [0.05, 0.1) is 5.56 Å². The molecule has 0 aliphatic rings. The van der Waals surface area contributed by atoms with Gasteiger partial charge in [-0.1, -0.05) is 15.9 Å². The van der Waals surface area contributed by atoms with Gasteiger partial charge >= 0.3 is 6.18 Å². The van der Waals surface area contributed by atoms with E-state index in [1.807, 2.05) is 0 Å². The average Bonchev–Trinajstić information content (AvgIpc) is 1.99. The van der Waals surface area contributed by atoms with Crippen LogP contribution in [-0.2, 0) is 11.5 Å². The molecule has 1 aromatic carbocycles. The van der Waals surface area contributed by atoms with Gasteiger partial charge in [0.15, 0.2) is 0 Å². The summed E-state index contributed by atoms with van der Waals surface area (Å²) in [5.74, 6) is -1.34. The van der Waals surface area contributed by atoms with Crippen LogP contribution >= 0.6 is 15.9 Å². The van der Waals surface area contributed by atoms with E-state index in [0.29, 0.717) is 6.07 Å². The summed E-state index contributed by atoms with van der Waals surface area (Å²) in [6.45, 7) is 0. The van der Waals surface area contributed by atoms with Crippen LogP contribution in [0.2, 0.25) is 0 Å². The highest BCUT2D eigenvalue weighted by Crippen LogP contribution is 2.36. The van der Waals surface area contributed by atoms with Gasteiger partial charge in [0.1, 0.15) is 5.82 Å². The third-order valence-electron chi connectivity index (χ3n) is 1.62. The van der Waals surface area contributed by atoms with E-state index < -0.39 is 17.6 Å². The lowest BCUT2D eigenvalue weighted by atomic mass is 10.1. The molecule has 0 bridgehead atoms. The van der Waals surface area contributed by atoms with Crippen LogP contribution < -0.4 is 5.73 Å². The van der Waals surface area contributed by atoms with E-state index >= 15 is 0 Å². The second-order valence-electron chi connectivity index (χ2n) is 2.67. The highest BCUT2D eigenvalue weighted by Gasteiger charge is 2.36. The Bertz CT molecular complexity index is 348. The summed E-state index contributed by atoms with van der Waals surface area (Å²) in [5, 5.41) is -0.0934. The molecule has 78 valence electrons. The van der Waals surface area contributed by atoms with Gasteiger partial charge < -0.3 is 5.73 Å². The van der Waals surface area contributed by atoms with Crippen LogP contribution in [0.25, 0.3) is 0 Å². The standard InChI is InChI=1S/C8H6BrF4N/c9-3-4-1-5(14)2-6(10)7(4)8(11,12)13/h1-2H,3,14H2. The quantitative estimate of drug-likeness (QED) is 0.473. The Morgan fingerprint density at radius 3 is 2.29 bits per heavy atom. The van der Waals surface area contributed by atoms with Crippen molar-refractivity contribution < 1.29 is 17.6 Å². The van der Waals surface area contributed by atoms with Gasteiger partial charge in [0, 0.05) is 11.0 Å². The van der Waals surface area contributed by atoms with Crippen LogP contribution in [-0.4, -0.2) is 0 Å². The summed E-state index contributed by atoms with van der Waals surface area (Å²) < 4.78 is 50.0. The average molecular weight is 272 g/mol. The summed E-state index contributed by atoms with van der Waals surface area (Å²) in [6, 6.07) is 1.76. The van der Waals surface area contributed by atoms with E-state index in [0.717, 1.165) is 6.07 Å². The molecule has 0 unspecified atom stereocenters. The molecular weight excluding hydrogens is 266 g/mol. The summed E-state index contributed by atoms with van der Waals surface area (Å²) in [5.41, 5.74) is 3.74. The molecular formula is C8H6BrF4N. The highest BCUT2D eigenvalue weighted by molar-refractivity contribution is 9.08. The lowest BCUT2D eigenvalue weighted by Gasteiger charge is -2.12. The number of anilines is 1. The Morgan fingerprint density at radius 1 is 1.29 bits per heavy atom. The van der Waals surface area contributed by atoms with Gasteiger partial charge in [-0.25, -0.2) is 4.39 Å². The first kappa shape index (κ1) is 11.3. The lowest BCUT2D eigenvalue weighted by Crippen LogP contribution is -2.12. The van der Waals surface area contributed by atoms with Crippen molar-refractivity contribution in [2.45, 2.75) is 11.5 Å². The largest absolute Gasteiger partial charge is 0.419 e. The predicted octanol–water partition coefficient (Wildman–Crippen LogP) is 3.32. The second kappa shape index (κ2) is 3.76. The van der Waals surface area contributed by atoms with Gasteiger partial charge in [-0.3, -0.25) is 0 Å². The Balaban J connectivity index is 3.40. The number of nitrogens with two attached hydrogens (primary N) is 1. The normalized spacial score (nSPS) is 11.8. The maximum absolute atomic E-state index is 13.0. The fourth-order valence-electron chi connectivity index (χ4n) is 1.11. The van der Waals surface area contributed by atoms with E-state index in [1.54, 1.807) is 0 Å². The van der Waals surface area contributed by atoms with Crippen LogP contribution in [0.15, 0.2) is 12.1 Å². The zero-order valence-electron chi connectivity index (χ0n) is 6.83. The zero-order valence-corrected chi connectivity index (χ0v) is 8.41. The maximum Gasteiger partial charge on any atom is 0.419 e. The summed E-state index contributed by atoms with van der Waals surface area (Å²) in [7, 11) is 0.